The van der Waals surface area contributed by atoms with Crippen LogP contribution >= 0.6 is 11.8 Å². The molecule has 22 heavy (non-hydrogen) atoms. The third kappa shape index (κ3) is 3.14. The number of rotatable bonds is 6. The fourth-order valence-corrected chi connectivity index (χ4v) is 2.90. The van der Waals surface area contributed by atoms with Crippen molar-refractivity contribution in [3.8, 4) is 11.5 Å². The minimum Gasteiger partial charge on any atom is -0.411 e. The van der Waals surface area contributed by atoms with Gasteiger partial charge in [-0.3, -0.25) is 0 Å². The van der Waals surface area contributed by atoms with Crippen LogP contribution in [0.5, 0.6) is 0 Å². The number of hydrogen-bond donors (Lipinski definition) is 1. The van der Waals surface area contributed by atoms with Crippen molar-refractivity contribution in [1.29, 1.82) is 0 Å². The molecule has 0 fully saturated rings. The molecule has 2 heterocycles. The number of halogens is 2. The first kappa shape index (κ1) is 15.0. The molecular formula is C15H15F2N3OS. The van der Waals surface area contributed by atoms with Crippen LogP contribution in [0.15, 0.2) is 40.1 Å². The van der Waals surface area contributed by atoms with E-state index >= 15 is 0 Å². The highest BCUT2D eigenvalue weighted by molar-refractivity contribution is 7.99. The Bertz CT molecular complexity index is 769. The molecule has 0 saturated carbocycles. The van der Waals surface area contributed by atoms with Gasteiger partial charge in [0.25, 0.3) is 11.1 Å². The van der Waals surface area contributed by atoms with Gasteiger partial charge in [0.1, 0.15) is 0 Å². The van der Waals surface area contributed by atoms with Crippen molar-refractivity contribution in [3.63, 3.8) is 0 Å². The summed E-state index contributed by atoms with van der Waals surface area (Å²) >= 11 is 1.16. The predicted molar refractivity (Wildman–Crippen MR) is 82.2 cm³/mol. The molecule has 3 rings (SSSR count). The molecule has 0 aliphatic carbocycles. The quantitative estimate of drug-likeness (QED) is 0.665. The van der Waals surface area contributed by atoms with Crippen molar-refractivity contribution in [2.75, 3.05) is 5.75 Å². The number of aromatic nitrogens is 3. The molecule has 0 aliphatic rings. The molecule has 0 saturated heterocycles. The third-order valence-electron chi connectivity index (χ3n) is 3.44. The molecule has 0 amide bonds. The van der Waals surface area contributed by atoms with E-state index in [9.17, 15) is 8.78 Å². The second-order valence-electron chi connectivity index (χ2n) is 4.93. The maximum atomic E-state index is 13.2. The minimum atomic E-state index is -2.63. The van der Waals surface area contributed by atoms with Gasteiger partial charge in [0, 0.05) is 35.7 Å². The summed E-state index contributed by atoms with van der Waals surface area (Å²) in [4.78, 5) is 3.13. The van der Waals surface area contributed by atoms with Crippen molar-refractivity contribution >= 4 is 22.7 Å². The van der Waals surface area contributed by atoms with Crippen LogP contribution in [0.3, 0.4) is 0 Å². The summed E-state index contributed by atoms with van der Waals surface area (Å²) in [7, 11) is 0. The van der Waals surface area contributed by atoms with Gasteiger partial charge in [0.15, 0.2) is 0 Å². The molecule has 4 nitrogen and oxygen atoms in total. The molecule has 0 bridgehead atoms. The first-order valence-electron chi connectivity index (χ1n) is 7.00. The van der Waals surface area contributed by atoms with E-state index in [1.807, 2.05) is 24.3 Å². The summed E-state index contributed by atoms with van der Waals surface area (Å²) < 4.78 is 31.9. The number of H-pyrrole nitrogens is 1. The van der Waals surface area contributed by atoms with E-state index in [-0.39, 0.29) is 18.6 Å². The Morgan fingerprint density at radius 1 is 1.27 bits per heavy atom. The van der Waals surface area contributed by atoms with Crippen LogP contribution in [-0.4, -0.2) is 26.9 Å². The highest BCUT2D eigenvalue weighted by Crippen LogP contribution is 2.31. The minimum absolute atomic E-state index is 0.155. The lowest BCUT2D eigenvalue weighted by atomic mass is 10.2. The van der Waals surface area contributed by atoms with Crippen LogP contribution in [-0.2, 0) is 0 Å². The largest absolute Gasteiger partial charge is 0.411 e. The predicted octanol–water partition coefficient (Wildman–Crippen LogP) is 4.75. The van der Waals surface area contributed by atoms with Gasteiger partial charge in [-0.2, -0.15) is 0 Å². The summed E-state index contributed by atoms with van der Waals surface area (Å²) in [5, 5.41) is 9.21. The first-order chi connectivity index (χ1) is 10.6. The van der Waals surface area contributed by atoms with E-state index in [2.05, 4.69) is 15.2 Å². The van der Waals surface area contributed by atoms with Gasteiger partial charge in [-0.05, 0) is 6.07 Å². The summed E-state index contributed by atoms with van der Waals surface area (Å²) in [5.41, 5.74) is 1.79. The molecule has 3 aromatic rings. The van der Waals surface area contributed by atoms with Gasteiger partial charge in [-0.1, -0.05) is 36.9 Å². The van der Waals surface area contributed by atoms with Crippen LogP contribution in [0, 0.1) is 0 Å². The van der Waals surface area contributed by atoms with Crippen molar-refractivity contribution in [3.05, 3.63) is 30.5 Å². The molecule has 1 aromatic carbocycles. The summed E-state index contributed by atoms with van der Waals surface area (Å²) in [6.07, 6.45) is 1.45. The van der Waals surface area contributed by atoms with Crippen molar-refractivity contribution in [1.82, 2.24) is 15.2 Å². The monoisotopic (exact) mass is 323 g/mol. The van der Waals surface area contributed by atoms with Crippen LogP contribution in [0.1, 0.15) is 19.8 Å². The van der Waals surface area contributed by atoms with Gasteiger partial charge < -0.3 is 9.40 Å². The summed E-state index contributed by atoms with van der Waals surface area (Å²) in [5.74, 6) is -1.99. The Hall–Kier alpha value is -1.89. The zero-order valence-corrected chi connectivity index (χ0v) is 12.8. The van der Waals surface area contributed by atoms with E-state index < -0.39 is 5.92 Å². The number of thioether (sulfide) groups is 1. The molecular weight excluding hydrogens is 308 g/mol. The SMILES string of the molecule is CCC(F)(F)CCSc1nnc(-c2c[nH]c3ccccc23)o1. The fourth-order valence-electron chi connectivity index (χ4n) is 2.09. The van der Waals surface area contributed by atoms with Gasteiger partial charge in [-0.25, -0.2) is 8.78 Å². The molecule has 0 radical (unpaired) electrons. The second kappa shape index (κ2) is 6.08. The number of para-hydroxylation sites is 1. The topological polar surface area (TPSA) is 54.7 Å². The number of fused-ring (bicyclic) bond motifs is 1. The zero-order chi connectivity index (χ0) is 15.6. The maximum Gasteiger partial charge on any atom is 0.276 e. The van der Waals surface area contributed by atoms with E-state index in [1.165, 1.54) is 6.92 Å². The number of benzene rings is 1. The molecule has 0 unspecified atom stereocenters. The average molecular weight is 323 g/mol. The number of nitrogens with zero attached hydrogens (tertiary/aromatic N) is 2. The van der Waals surface area contributed by atoms with Crippen molar-refractivity contribution in [2.45, 2.75) is 30.9 Å². The highest BCUT2D eigenvalue weighted by atomic mass is 32.2. The van der Waals surface area contributed by atoms with Crippen molar-refractivity contribution in [2.24, 2.45) is 0 Å². The maximum absolute atomic E-state index is 13.2. The molecule has 7 heteroatoms. The standard InChI is InChI=1S/C15H15F2N3OS/c1-2-15(16,17)7-8-22-14-20-19-13(21-14)11-9-18-12-6-4-3-5-10(11)12/h3-6,9,18H,2,7-8H2,1H3. The lowest BCUT2D eigenvalue weighted by Crippen LogP contribution is -2.14. The van der Waals surface area contributed by atoms with Gasteiger partial charge in [0.2, 0.25) is 5.92 Å². The Morgan fingerprint density at radius 2 is 2.09 bits per heavy atom. The Balaban J connectivity index is 1.71. The zero-order valence-electron chi connectivity index (χ0n) is 12.0. The van der Waals surface area contributed by atoms with Crippen LogP contribution in [0.25, 0.3) is 22.4 Å². The third-order valence-corrected chi connectivity index (χ3v) is 4.26. The summed E-state index contributed by atoms with van der Waals surface area (Å²) in [6, 6.07) is 7.78. The van der Waals surface area contributed by atoms with Gasteiger partial charge in [-0.15, -0.1) is 10.2 Å². The normalized spacial score (nSPS) is 12.1. The number of alkyl halides is 2. The molecule has 116 valence electrons. The second-order valence-corrected chi connectivity index (χ2v) is 5.98. The number of aromatic amines is 1. The molecule has 0 aliphatic heterocycles. The van der Waals surface area contributed by atoms with Gasteiger partial charge >= 0.3 is 0 Å². The van der Waals surface area contributed by atoms with Crippen LogP contribution in [0.2, 0.25) is 0 Å². The Labute approximate surface area is 130 Å². The van der Waals surface area contributed by atoms with Crippen molar-refractivity contribution < 1.29 is 13.2 Å². The van der Waals surface area contributed by atoms with E-state index in [1.54, 1.807) is 6.20 Å². The number of nitrogens with one attached hydrogen (secondary N) is 1. The molecule has 0 spiro atoms. The molecule has 0 atom stereocenters. The van der Waals surface area contributed by atoms with Crippen LogP contribution in [0.4, 0.5) is 8.78 Å². The summed E-state index contributed by atoms with van der Waals surface area (Å²) in [6.45, 7) is 1.48. The smallest absolute Gasteiger partial charge is 0.276 e. The van der Waals surface area contributed by atoms with Crippen LogP contribution < -0.4 is 0 Å². The lowest BCUT2D eigenvalue weighted by molar-refractivity contribution is -0.00527. The number of hydrogen-bond acceptors (Lipinski definition) is 4. The van der Waals surface area contributed by atoms with E-state index in [0.29, 0.717) is 11.1 Å². The highest BCUT2D eigenvalue weighted by Gasteiger charge is 2.25. The lowest BCUT2D eigenvalue weighted by Gasteiger charge is -2.11. The van der Waals surface area contributed by atoms with Gasteiger partial charge in [0.05, 0.1) is 5.56 Å². The molecule has 2 aromatic heterocycles. The molecule has 1 N–H and O–H groups in total. The van der Waals surface area contributed by atoms with E-state index in [0.717, 1.165) is 28.2 Å². The first-order valence-corrected chi connectivity index (χ1v) is 7.98. The Kier molecular flexibility index (Phi) is 4.15. The average Bonchev–Trinajstić information content (AvgIpc) is 3.13. The van der Waals surface area contributed by atoms with E-state index in [4.69, 9.17) is 4.42 Å². The fraction of sp³-hybridized carbons (Fsp3) is 0.333. The Morgan fingerprint density at radius 3 is 2.91 bits per heavy atom.